The Balaban J connectivity index is 2.66. The highest BCUT2D eigenvalue weighted by atomic mass is 16.3. The molecule has 0 spiro atoms. The number of benzene rings is 1. The van der Waals surface area contributed by atoms with Gasteiger partial charge in [0.05, 0.1) is 11.6 Å². The van der Waals surface area contributed by atoms with Crippen molar-refractivity contribution in [3.05, 3.63) is 41.5 Å². The molecule has 0 aliphatic carbocycles. The van der Waals surface area contributed by atoms with Crippen LogP contribution in [0.3, 0.4) is 0 Å². The average Bonchev–Trinajstić information content (AvgIpc) is 2.25. The van der Waals surface area contributed by atoms with Gasteiger partial charge in [-0.25, -0.2) is 0 Å². The number of carbonyl (C=O) groups excluding carboxylic acids is 1. The molecule has 0 aromatic heterocycles. The fourth-order valence-corrected chi connectivity index (χ4v) is 1.41. The molecule has 2 N–H and O–H groups in total. The Labute approximate surface area is 109 Å². The van der Waals surface area contributed by atoms with E-state index in [4.69, 9.17) is 0 Å². The number of nitrogens with one attached hydrogen (secondary N) is 1. The lowest BCUT2D eigenvalue weighted by Gasteiger charge is -2.28. The van der Waals surface area contributed by atoms with E-state index in [2.05, 4.69) is 5.32 Å². The molecule has 0 saturated heterocycles. The molecular weight excluding hydrogens is 226 g/mol. The lowest BCUT2D eigenvalue weighted by molar-refractivity contribution is -0.119. The Morgan fingerprint density at radius 1 is 1.44 bits per heavy atom. The van der Waals surface area contributed by atoms with Crippen molar-refractivity contribution in [2.45, 2.75) is 39.3 Å². The summed E-state index contributed by atoms with van der Waals surface area (Å²) in [6, 6.07) is 7.90. The Kier molecular flexibility index (Phi) is 4.68. The smallest absolute Gasteiger partial charge is 0.244 e. The van der Waals surface area contributed by atoms with Crippen molar-refractivity contribution in [1.82, 2.24) is 5.32 Å². The first-order chi connectivity index (χ1) is 8.31. The van der Waals surface area contributed by atoms with Crippen LogP contribution in [0.5, 0.6) is 0 Å². The predicted octanol–water partition coefficient (Wildman–Crippen LogP) is 2.28. The van der Waals surface area contributed by atoms with Gasteiger partial charge < -0.3 is 10.4 Å². The van der Waals surface area contributed by atoms with E-state index in [1.807, 2.05) is 31.2 Å². The van der Waals surface area contributed by atoms with Gasteiger partial charge in [0, 0.05) is 6.08 Å². The summed E-state index contributed by atoms with van der Waals surface area (Å²) >= 11 is 0. The molecule has 3 nitrogen and oxygen atoms in total. The second kappa shape index (κ2) is 5.83. The summed E-state index contributed by atoms with van der Waals surface area (Å²) in [6.45, 7) is 7.24. The standard InChI is InChI=1S/C15H21NO2/c1-11-6-5-7-13(10-11)8-9-14(18)16-15(3,4)12(2)17/h5-10,12,17H,1-4H3,(H,16,18)/b9-8+. The van der Waals surface area contributed by atoms with E-state index in [0.29, 0.717) is 0 Å². The third-order valence-electron chi connectivity index (χ3n) is 2.96. The molecule has 0 fully saturated rings. The van der Waals surface area contributed by atoms with E-state index < -0.39 is 11.6 Å². The molecule has 0 aliphatic rings. The normalized spacial score (nSPS) is 13.6. The minimum absolute atomic E-state index is 0.206. The molecule has 0 bridgehead atoms. The molecule has 0 heterocycles. The van der Waals surface area contributed by atoms with Gasteiger partial charge in [0.25, 0.3) is 0 Å². The molecule has 0 aliphatic heterocycles. The largest absolute Gasteiger partial charge is 0.391 e. The zero-order valence-electron chi connectivity index (χ0n) is 11.4. The molecule has 0 saturated carbocycles. The van der Waals surface area contributed by atoms with Crippen LogP contribution in [0, 0.1) is 6.92 Å². The average molecular weight is 247 g/mol. The predicted molar refractivity (Wildman–Crippen MR) is 74.1 cm³/mol. The van der Waals surface area contributed by atoms with Crippen LogP contribution in [0.25, 0.3) is 6.08 Å². The minimum Gasteiger partial charge on any atom is -0.391 e. The maximum Gasteiger partial charge on any atom is 0.244 e. The highest BCUT2D eigenvalue weighted by Gasteiger charge is 2.24. The van der Waals surface area contributed by atoms with Crippen LogP contribution < -0.4 is 5.32 Å². The number of amides is 1. The van der Waals surface area contributed by atoms with Gasteiger partial charge in [-0.3, -0.25) is 4.79 Å². The van der Waals surface area contributed by atoms with E-state index in [9.17, 15) is 9.90 Å². The van der Waals surface area contributed by atoms with Crippen molar-refractivity contribution in [3.63, 3.8) is 0 Å². The summed E-state index contributed by atoms with van der Waals surface area (Å²) in [5, 5.41) is 12.3. The van der Waals surface area contributed by atoms with Crippen LogP contribution >= 0.6 is 0 Å². The Morgan fingerprint density at radius 3 is 2.67 bits per heavy atom. The second-order valence-electron chi connectivity index (χ2n) is 5.13. The number of carbonyl (C=O) groups is 1. The van der Waals surface area contributed by atoms with Crippen LogP contribution in [0.1, 0.15) is 31.9 Å². The molecule has 1 unspecified atom stereocenters. The van der Waals surface area contributed by atoms with Crippen LogP contribution in [0.2, 0.25) is 0 Å². The second-order valence-corrected chi connectivity index (χ2v) is 5.13. The van der Waals surface area contributed by atoms with Crippen LogP contribution in [0.15, 0.2) is 30.3 Å². The molecule has 1 amide bonds. The lowest BCUT2D eigenvalue weighted by atomic mass is 9.99. The van der Waals surface area contributed by atoms with Gasteiger partial charge in [-0.05, 0) is 39.3 Å². The number of aliphatic hydroxyl groups excluding tert-OH is 1. The molecular formula is C15H21NO2. The van der Waals surface area contributed by atoms with Gasteiger partial charge in [0.1, 0.15) is 0 Å². The minimum atomic E-state index is -0.631. The van der Waals surface area contributed by atoms with E-state index in [-0.39, 0.29) is 5.91 Å². The Hall–Kier alpha value is -1.61. The van der Waals surface area contributed by atoms with Crippen LogP contribution in [-0.2, 0) is 4.79 Å². The summed E-state index contributed by atoms with van der Waals surface area (Å²) in [7, 11) is 0. The number of hydrogen-bond acceptors (Lipinski definition) is 2. The van der Waals surface area contributed by atoms with E-state index in [1.165, 1.54) is 6.08 Å². The van der Waals surface area contributed by atoms with Gasteiger partial charge in [0.15, 0.2) is 0 Å². The van der Waals surface area contributed by atoms with Gasteiger partial charge in [-0.1, -0.05) is 29.8 Å². The van der Waals surface area contributed by atoms with E-state index in [1.54, 1.807) is 26.8 Å². The highest BCUT2D eigenvalue weighted by molar-refractivity contribution is 5.92. The van der Waals surface area contributed by atoms with E-state index >= 15 is 0 Å². The van der Waals surface area contributed by atoms with Gasteiger partial charge in [0.2, 0.25) is 5.91 Å². The third kappa shape index (κ3) is 4.34. The van der Waals surface area contributed by atoms with Crippen LogP contribution in [-0.4, -0.2) is 22.7 Å². The summed E-state index contributed by atoms with van der Waals surface area (Å²) in [6.07, 6.45) is 2.65. The Morgan fingerprint density at radius 2 is 2.11 bits per heavy atom. The fourth-order valence-electron chi connectivity index (χ4n) is 1.41. The van der Waals surface area contributed by atoms with Gasteiger partial charge in [-0.15, -0.1) is 0 Å². The molecule has 1 aromatic carbocycles. The summed E-state index contributed by atoms with van der Waals surface area (Å²) in [5.74, 6) is -0.206. The maximum absolute atomic E-state index is 11.7. The van der Waals surface area contributed by atoms with Crippen LogP contribution in [0.4, 0.5) is 0 Å². The molecule has 1 atom stereocenters. The number of aryl methyl sites for hydroxylation is 1. The Bertz CT molecular complexity index is 448. The topological polar surface area (TPSA) is 49.3 Å². The van der Waals surface area contributed by atoms with Crippen molar-refractivity contribution in [2.24, 2.45) is 0 Å². The van der Waals surface area contributed by atoms with Crippen molar-refractivity contribution in [1.29, 1.82) is 0 Å². The molecule has 1 aromatic rings. The van der Waals surface area contributed by atoms with Crippen molar-refractivity contribution in [2.75, 3.05) is 0 Å². The maximum atomic E-state index is 11.7. The molecule has 1 rings (SSSR count). The van der Waals surface area contributed by atoms with Crippen molar-refractivity contribution in [3.8, 4) is 0 Å². The van der Waals surface area contributed by atoms with Gasteiger partial charge in [-0.2, -0.15) is 0 Å². The van der Waals surface area contributed by atoms with Crippen molar-refractivity contribution >= 4 is 12.0 Å². The fraction of sp³-hybridized carbons (Fsp3) is 0.400. The molecule has 98 valence electrons. The quantitative estimate of drug-likeness (QED) is 0.802. The number of rotatable bonds is 4. The monoisotopic (exact) mass is 247 g/mol. The zero-order valence-corrected chi connectivity index (χ0v) is 11.4. The first-order valence-corrected chi connectivity index (χ1v) is 6.06. The van der Waals surface area contributed by atoms with Gasteiger partial charge >= 0.3 is 0 Å². The molecule has 18 heavy (non-hydrogen) atoms. The lowest BCUT2D eigenvalue weighted by Crippen LogP contribution is -2.50. The highest BCUT2D eigenvalue weighted by Crippen LogP contribution is 2.09. The van der Waals surface area contributed by atoms with E-state index in [0.717, 1.165) is 11.1 Å². The number of aliphatic hydroxyl groups is 1. The summed E-state index contributed by atoms with van der Waals surface area (Å²) in [4.78, 5) is 11.7. The SMILES string of the molecule is Cc1cccc(/C=C/C(=O)NC(C)(C)C(C)O)c1. The first kappa shape index (κ1) is 14.5. The summed E-state index contributed by atoms with van der Waals surface area (Å²) in [5.41, 5.74) is 1.51. The number of hydrogen-bond donors (Lipinski definition) is 2. The zero-order chi connectivity index (χ0) is 13.8. The van der Waals surface area contributed by atoms with Crippen molar-refractivity contribution < 1.29 is 9.90 Å². The first-order valence-electron chi connectivity index (χ1n) is 6.06. The molecule has 3 heteroatoms. The third-order valence-corrected chi connectivity index (χ3v) is 2.96. The molecule has 0 radical (unpaired) electrons. The summed E-state index contributed by atoms with van der Waals surface area (Å²) < 4.78 is 0.